The largest absolute Gasteiger partial charge is 0.322 e. The molecule has 1 fully saturated rings. The van der Waals surface area contributed by atoms with Gasteiger partial charge >= 0.3 is 0 Å². The van der Waals surface area contributed by atoms with E-state index in [-0.39, 0.29) is 5.91 Å². The predicted octanol–water partition coefficient (Wildman–Crippen LogP) is 1.89. The van der Waals surface area contributed by atoms with Crippen LogP contribution in [-0.2, 0) is 0 Å². The first-order valence-electron chi connectivity index (χ1n) is 4.39. The molecule has 1 aromatic carbocycles. The first-order chi connectivity index (χ1) is 6.38. The Morgan fingerprint density at radius 3 is 3.15 bits per heavy atom. The number of amides is 1. The molecule has 0 N–H and O–H groups in total. The van der Waals surface area contributed by atoms with Crippen LogP contribution in [0.1, 0.15) is 21.3 Å². The summed E-state index contributed by atoms with van der Waals surface area (Å²) in [5.41, 5.74) is 2.11. The SMILES string of the molecule is O=C1c2ccccc2[C@H]2SCCN12. The average molecular weight is 191 g/mol. The van der Waals surface area contributed by atoms with Crippen molar-refractivity contribution in [3.05, 3.63) is 35.4 Å². The Hall–Kier alpha value is -0.960. The number of nitrogens with zero attached hydrogens (tertiary/aromatic N) is 1. The van der Waals surface area contributed by atoms with E-state index in [4.69, 9.17) is 0 Å². The maximum atomic E-state index is 11.8. The third kappa shape index (κ3) is 0.879. The maximum absolute atomic E-state index is 11.8. The Balaban J connectivity index is 2.19. The van der Waals surface area contributed by atoms with E-state index in [1.165, 1.54) is 5.56 Å². The van der Waals surface area contributed by atoms with Crippen molar-refractivity contribution >= 4 is 17.7 Å². The molecule has 3 heteroatoms. The summed E-state index contributed by atoms with van der Waals surface area (Å²) in [5.74, 6) is 1.29. The first kappa shape index (κ1) is 7.44. The number of benzene rings is 1. The zero-order valence-electron chi connectivity index (χ0n) is 7.06. The summed E-state index contributed by atoms with van der Waals surface area (Å²) < 4.78 is 0. The van der Waals surface area contributed by atoms with E-state index in [2.05, 4.69) is 6.07 Å². The fourth-order valence-corrected chi connectivity index (χ4v) is 3.29. The molecule has 2 nitrogen and oxygen atoms in total. The van der Waals surface area contributed by atoms with Crippen molar-refractivity contribution in [1.29, 1.82) is 0 Å². The molecule has 0 aliphatic carbocycles. The van der Waals surface area contributed by atoms with Gasteiger partial charge in [0.05, 0.1) is 0 Å². The fourth-order valence-electron chi connectivity index (χ4n) is 2.00. The molecule has 13 heavy (non-hydrogen) atoms. The van der Waals surface area contributed by atoms with Crippen LogP contribution in [-0.4, -0.2) is 23.1 Å². The number of fused-ring (bicyclic) bond motifs is 3. The van der Waals surface area contributed by atoms with Crippen molar-refractivity contribution in [3.8, 4) is 0 Å². The van der Waals surface area contributed by atoms with Gasteiger partial charge in [0, 0.05) is 17.9 Å². The first-order valence-corrected chi connectivity index (χ1v) is 5.44. The lowest BCUT2D eigenvalue weighted by atomic mass is 10.1. The molecule has 1 atom stereocenters. The summed E-state index contributed by atoms with van der Waals surface area (Å²) in [6, 6.07) is 7.94. The summed E-state index contributed by atoms with van der Waals surface area (Å²) in [4.78, 5) is 13.8. The van der Waals surface area contributed by atoms with Gasteiger partial charge in [0.2, 0.25) is 0 Å². The van der Waals surface area contributed by atoms with Crippen molar-refractivity contribution < 1.29 is 4.79 Å². The second kappa shape index (κ2) is 2.51. The molecular weight excluding hydrogens is 182 g/mol. The normalized spacial score (nSPS) is 24.8. The molecule has 2 heterocycles. The number of carbonyl (C=O) groups is 1. The lowest BCUT2D eigenvalue weighted by molar-refractivity contribution is 0.0794. The van der Waals surface area contributed by atoms with Crippen molar-refractivity contribution in [2.75, 3.05) is 12.3 Å². The van der Waals surface area contributed by atoms with Crippen LogP contribution in [0.2, 0.25) is 0 Å². The lowest BCUT2D eigenvalue weighted by Crippen LogP contribution is -2.22. The van der Waals surface area contributed by atoms with Crippen molar-refractivity contribution in [3.63, 3.8) is 0 Å². The quantitative estimate of drug-likeness (QED) is 0.624. The van der Waals surface area contributed by atoms with Gasteiger partial charge in [-0.15, -0.1) is 11.8 Å². The molecule has 0 radical (unpaired) electrons. The smallest absolute Gasteiger partial charge is 0.255 e. The highest BCUT2D eigenvalue weighted by Crippen LogP contribution is 2.44. The molecule has 0 aromatic heterocycles. The Labute approximate surface area is 80.9 Å². The van der Waals surface area contributed by atoms with E-state index >= 15 is 0 Å². The predicted molar refractivity (Wildman–Crippen MR) is 52.7 cm³/mol. The molecule has 0 saturated carbocycles. The van der Waals surface area contributed by atoms with Gasteiger partial charge in [-0.05, 0) is 11.6 Å². The van der Waals surface area contributed by atoms with Gasteiger partial charge in [-0.1, -0.05) is 18.2 Å². The topological polar surface area (TPSA) is 20.3 Å². The summed E-state index contributed by atoms with van der Waals surface area (Å²) in [6.45, 7) is 0.906. The highest BCUT2D eigenvalue weighted by molar-refractivity contribution is 7.99. The second-order valence-corrected chi connectivity index (χ2v) is 4.50. The molecule has 0 unspecified atom stereocenters. The summed E-state index contributed by atoms with van der Waals surface area (Å²) in [5, 5.41) is 0.309. The van der Waals surface area contributed by atoms with Crippen LogP contribution in [0.25, 0.3) is 0 Å². The lowest BCUT2D eigenvalue weighted by Gasteiger charge is -2.13. The van der Waals surface area contributed by atoms with E-state index in [1.54, 1.807) is 0 Å². The molecule has 3 rings (SSSR count). The van der Waals surface area contributed by atoms with Gasteiger partial charge in [-0.25, -0.2) is 0 Å². The van der Waals surface area contributed by atoms with E-state index in [0.29, 0.717) is 5.37 Å². The third-order valence-corrected chi connectivity index (χ3v) is 3.85. The Bertz CT molecular complexity index is 377. The molecule has 1 amide bonds. The number of hydrogen-bond donors (Lipinski definition) is 0. The summed E-state index contributed by atoms with van der Waals surface area (Å²) in [7, 11) is 0. The Morgan fingerprint density at radius 2 is 2.23 bits per heavy atom. The van der Waals surface area contributed by atoms with Gasteiger partial charge in [-0.2, -0.15) is 0 Å². The van der Waals surface area contributed by atoms with Crippen LogP contribution < -0.4 is 0 Å². The number of thioether (sulfide) groups is 1. The van der Waals surface area contributed by atoms with Gasteiger partial charge in [0.15, 0.2) is 0 Å². The molecule has 2 aliphatic rings. The van der Waals surface area contributed by atoms with Gasteiger partial charge in [0.1, 0.15) is 5.37 Å². The highest BCUT2D eigenvalue weighted by Gasteiger charge is 2.39. The monoisotopic (exact) mass is 191 g/mol. The van der Waals surface area contributed by atoms with Crippen LogP contribution >= 0.6 is 11.8 Å². The maximum Gasteiger partial charge on any atom is 0.255 e. The van der Waals surface area contributed by atoms with Crippen LogP contribution in [0, 0.1) is 0 Å². The zero-order valence-corrected chi connectivity index (χ0v) is 7.88. The van der Waals surface area contributed by atoms with Crippen molar-refractivity contribution in [2.45, 2.75) is 5.37 Å². The van der Waals surface area contributed by atoms with E-state index < -0.39 is 0 Å². The van der Waals surface area contributed by atoms with Crippen molar-refractivity contribution in [2.24, 2.45) is 0 Å². The molecule has 2 aliphatic heterocycles. The molecule has 0 bridgehead atoms. The summed E-state index contributed by atoms with van der Waals surface area (Å²) >= 11 is 1.86. The van der Waals surface area contributed by atoms with Crippen molar-refractivity contribution in [1.82, 2.24) is 4.90 Å². The average Bonchev–Trinajstić information content (AvgIpc) is 2.72. The second-order valence-electron chi connectivity index (χ2n) is 3.31. The number of hydrogen-bond acceptors (Lipinski definition) is 2. The Morgan fingerprint density at radius 1 is 1.38 bits per heavy atom. The minimum atomic E-state index is 0.214. The van der Waals surface area contributed by atoms with Gasteiger partial charge < -0.3 is 4.90 Å². The van der Waals surface area contributed by atoms with E-state index in [1.807, 2.05) is 34.9 Å². The zero-order chi connectivity index (χ0) is 8.84. The number of carbonyl (C=O) groups excluding carboxylic acids is 1. The third-order valence-electron chi connectivity index (χ3n) is 2.61. The highest BCUT2D eigenvalue weighted by atomic mass is 32.2. The summed E-state index contributed by atoms with van der Waals surface area (Å²) in [6.07, 6.45) is 0. The number of rotatable bonds is 0. The molecule has 66 valence electrons. The van der Waals surface area contributed by atoms with Crippen LogP contribution in [0.3, 0.4) is 0 Å². The molecule has 1 saturated heterocycles. The minimum Gasteiger partial charge on any atom is -0.322 e. The molecule has 1 aromatic rings. The van der Waals surface area contributed by atoms with Crippen LogP contribution in [0.4, 0.5) is 0 Å². The fraction of sp³-hybridized carbons (Fsp3) is 0.300. The Kier molecular flexibility index (Phi) is 1.44. The molecular formula is C10H9NOS. The van der Waals surface area contributed by atoms with Gasteiger partial charge in [-0.3, -0.25) is 4.79 Å². The molecule has 0 spiro atoms. The van der Waals surface area contributed by atoms with Gasteiger partial charge in [0.25, 0.3) is 5.91 Å². The standard InChI is InChI=1S/C10H9NOS/c12-9-7-3-1-2-4-8(7)10-11(9)5-6-13-10/h1-4,10H,5-6H2/t10-/m1/s1. The van der Waals surface area contributed by atoms with Crippen LogP contribution in [0.15, 0.2) is 24.3 Å². The van der Waals surface area contributed by atoms with E-state index in [9.17, 15) is 4.79 Å². The van der Waals surface area contributed by atoms with Crippen LogP contribution in [0.5, 0.6) is 0 Å². The van der Waals surface area contributed by atoms with E-state index in [0.717, 1.165) is 17.9 Å². The minimum absolute atomic E-state index is 0.214.